The van der Waals surface area contributed by atoms with E-state index >= 15 is 0 Å². The first kappa shape index (κ1) is 95.1. The fraction of sp³-hybridized carbons (Fsp3) is 0.949. The van der Waals surface area contributed by atoms with E-state index < -0.39 is 97.5 Å². The lowest BCUT2D eigenvalue weighted by atomic mass is 9.99. The molecule has 0 radical (unpaired) electrons. The molecule has 3 N–H and O–H groups in total. The number of aliphatic hydroxyl groups is 1. The van der Waals surface area contributed by atoms with E-state index in [1.165, 1.54) is 218 Å². The minimum Gasteiger partial charge on any atom is -0.462 e. The van der Waals surface area contributed by atoms with Gasteiger partial charge in [0.1, 0.15) is 19.3 Å². The van der Waals surface area contributed by atoms with E-state index in [1.54, 1.807) is 0 Å². The molecule has 0 saturated heterocycles. The van der Waals surface area contributed by atoms with Gasteiger partial charge in [0.2, 0.25) is 0 Å². The molecule has 0 bridgehead atoms. The fourth-order valence-corrected chi connectivity index (χ4v) is 13.6. The molecule has 0 amide bonds. The molecule has 0 aromatic carbocycles. The van der Waals surface area contributed by atoms with Crippen LogP contribution in [-0.4, -0.2) is 96.7 Å². The smallest absolute Gasteiger partial charge is 0.462 e. The second-order valence-corrected chi connectivity index (χ2v) is 31.7. The van der Waals surface area contributed by atoms with Crippen LogP contribution in [0, 0.1) is 11.8 Å². The third-order valence-corrected chi connectivity index (χ3v) is 20.5. The predicted molar refractivity (Wildman–Crippen MR) is 395 cm³/mol. The third kappa shape index (κ3) is 70.9. The van der Waals surface area contributed by atoms with Gasteiger partial charge < -0.3 is 33.8 Å². The van der Waals surface area contributed by atoms with Gasteiger partial charge in [-0.05, 0) is 37.5 Å². The number of aliphatic hydroxyl groups excluding tert-OH is 1. The zero-order valence-electron chi connectivity index (χ0n) is 63.4. The molecule has 0 rings (SSSR count). The van der Waals surface area contributed by atoms with Gasteiger partial charge in [-0.15, -0.1) is 0 Å². The van der Waals surface area contributed by atoms with Crippen molar-refractivity contribution in [1.29, 1.82) is 0 Å². The first-order valence-corrected chi connectivity index (χ1v) is 43.5. The van der Waals surface area contributed by atoms with Crippen molar-refractivity contribution in [3.05, 3.63) is 0 Å². The highest BCUT2D eigenvalue weighted by Crippen LogP contribution is 2.45. The number of rotatable bonds is 77. The molecule has 0 spiro atoms. The van der Waals surface area contributed by atoms with E-state index in [4.69, 9.17) is 37.0 Å². The quantitative estimate of drug-likeness (QED) is 0.0222. The molecule has 0 aliphatic rings. The van der Waals surface area contributed by atoms with Crippen molar-refractivity contribution in [1.82, 2.24) is 0 Å². The molecule has 3 unspecified atom stereocenters. The van der Waals surface area contributed by atoms with Crippen molar-refractivity contribution in [3.63, 3.8) is 0 Å². The van der Waals surface area contributed by atoms with Crippen molar-refractivity contribution in [2.24, 2.45) is 11.8 Å². The van der Waals surface area contributed by atoms with Gasteiger partial charge in [0.15, 0.2) is 12.2 Å². The van der Waals surface area contributed by atoms with Crippen LogP contribution in [0.5, 0.6) is 0 Å². The molecule has 19 heteroatoms. The Balaban J connectivity index is 5.25. The van der Waals surface area contributed by atoms with Gasteiger partial charge in [0, 0.05) is 25.7 Å². The van der Waals surface area contributed by atoms with E-state index in [1.807, 2.05) is 0 Å². The van der Waals surface area contributed by atoms with Crippen LogP contribution in [0.4, 0.5) is 0 Å². The first-order valence-electron chi connectivity index (χ1n) is 40.5. The largest absolute Gasteiger partial charge is 0.472 e. The minimum atomic E-state index is -4.96. The van der Waals surface area contributed by atoms with Crippen LogP contribution in [0.1, 0.15) is 408 Å². The maximum atomic E-state index is 13.1. The Bertz CT molecular complexity index is 1870. The molecule has 0 aliphatic heterocycles. The van der Waals surface area contributed by atoms with Gasteiger partial charge in [-0.1, -0.05) is 356 Å². The molecule has 576 valence electrons. The average Bonchev–Trinajstić information content (AvgIpc) is 2.40. The van der Waals surface area contributed by atoms with Crippen LogP contribution < -0.4 is 0 Å². The Labute approximate surface area is 594 Å². The van der Waals surface area contributed by atoms with E-state index in [0.717, 1.165) is 102 Å². The number of hydrogen-bond donors (Lipinski definition) is 3. The summed E-state index contributed by atoms with van der Waals surface area (Å²) in [5.74, 6) is -0.605. The number of carbonyl (C=O) groups is 4. The van der Waals surface area contributed by atoms with Crippen LogP contribution in [0.15, 0.2) is 0 Å². The second-order valence-electron chi connectivity index (χ2n) is 28.8. The summed E-state index contributed by atoms with van der Waals surface area (Å²) in [6.07, 6.45) is 58.2. The van der Waals surface area contributed by atoms with E-state index in [9.17, 15) is 43.2 Å². The van der Waals surface area contributed by atoms with Crippen molar-refractivity contribution >= 4 is 39.5 Å². The Kier molecular flexibility index (Phi) is 68.4. The summed E-state index contributed by atoms with van der Waals surface area (Å²) in [4.78, 5) is 72.9. The zero-order valence-corrected chi connectivity index (χ0v) is 65.2. The second kappa shape index (κ2) is 69.8. The molecular formula is C78H152O17P2. The number of phosphoric ester groups is 2. The van der Waals surface area contributed by atoms with Gasteiger partial charge in [-0.25, -0.2) is 9.13 Å². The lowest BCUT2D eigenvalue weighted by molar-refractivity contribution is -0.161. The summed E-state index contributed by atoms with van der Waals surface area (Å²) in [6.45, 7) is 9.59. The lowest BCUT2D eigenvalue weighted by Crippen LogP contribution is -2.30. The SMILES string of the molecule is CCCCCCCCCCCCCCCCCCCCC(=O)O[C@H](COC(=O)CCCCCCCCCCCCCCCCC)COP(=O)(O)OC[C@@H](O)COP(=O)(O)OC[C@@H](COC(=O)CCCCCCCCCC(C)C)OC(=O)CCCCCCCCCCCCC(C)CC. The van der Waals surface area contributed by atoms with Gasteiger partial charge in [-0.3, -0.25) is 37.3 Å². The summed E-state index contributed by atoms with van der Waals surface area (Å²) < 4.78 is 68.6. The minimum absolute atomic E-state index is 0.106. The summed E-state index contributed by atoms with van der Waals surface area (Å²) in [7, 11) is -9.92. The third-order valence-electron chi connectivity index (χ3n) is 18.6. The molecule has 0 aromatic heterocycles. The maximum absolute atomic E-state index is 13.1. The average molecular weight is 1420 g/mol. The van der Waals surface area contributed by atoms with E-state index in [2.05, 4.69) is 41.5 Å². The van der Waals surface area contributed by atoms with Gasteiger partial charge in [-0.2, -0.15) is 0 Å². The highest BCUT2D eigenvalue weighted by atomic mass is 31.2. The molecule has 0 aromatic rings. The van der Waals surface area contributed by atoms with Crippen LogP contribution in [0.3, 0.4) is 0 Å². The monoisotopic (exact) mass is 1420 g/mol. The molecule has 17 nitrogen and oxygen atoms in total. The number of ether oxygens (including phenoxy) is 4. The topological polar surface area (TPSA) is 237 Å². The molecule has 0 aliphatic carbocycles. The summed E-state index contributed by atoms with van der Waals surface area (Å²) in [5, 5.41) is 10.6. The lowest BCUT2D eigenvalue weighted by Gasteiger charge is -2.21. The predicted octanol–water partition coefficient (Wildman–Crippen LogP) is 23.1. The van der Waals surface area contributed by atoms with Crippen LogP contribution in [0.2, 0.25) is 0 Å². The standard InChI is InChI=1S/C78H152O17P2/c1-7-10-12-14-16-18-20-22-24-25-26-28-30-32-37-43-50-56-62-77(82)94-73(66-88-75(80)60-54-48-42-36-31-29-27-23-21-19-17-15-13-11-8-2)68-92-96(84,85)90-64-72(79)65-91-97(86,87)93-69-74(67-89-76(81)61-55-49-45-39-40-46-52-58-70(4)5)95-78(83)63-57-51-44-38-34-33-35-41-47-53-59-71(6)9-3/h70-74,79H,7-69H2,1-6H3,(H,84,85)(H,86,87)/t71?,72-,73-,74-/m1/s1. The van der Waals surface area contributed by atoms with Crippen molar-refractivity contribution in [2.45, 2.75) is 426 Å². The van der Waals surface area contributed by atoms with Crippen LogP contribution >= 0.6 is 15.6 Å². The Morgan fingerprint density at radius 2 is 0.526 bits per heavy atom. The van der Waals surface area contributed by atoms with Crippen LogP contribution in [-0.2, 0) is 65.4 Å². The number of carbonyl (C=O) groups excluding carboxylic acids is 4. The summed E-state index contributed by atoms with van der Waals surface area (Å²) in [6, 6.07) is 0. The molecule has 0 heterocycles. The molecule has 0 fully saturated rings. The summed E-state index contributed by atoms with van der Waals surface area (Å²) in [5.41, 5.74) is 0. The maximum Gasteiger partial charge on any atom is 0.472 e. The van der Waals surface area contributed by atoms with Gasteiger partial charge in [0.05, 0.1) is 26.4 Å². The van der Waals surface area contributed by atoms with E-state index in [-0.39, 0.29) is 25.7 Å². The number of esters is 4. The molecule has 0 saturated carbocycles. The molecule has 97 heavy (non-hydrogen) atoms. The summed E-state index contributed by atoms with van der Waals surface area (Å²) >= 11 is 0. The molecular weight excluding hydrogens is 1270 g/mol. The highest BCUT2D eigenvalue weighted by molar-refractivity contribution is 7.47. The Hall–Kier alpha value is -1.94. The van der Waals surface area contributed by atoms with Crippen molar-refractivity contribution in [2.75, 3.05) is 39.6 Å². The number of hydrogen-bond acceptors (Lipinski definition) is 15. The van der Waals surface area contributed by atoms with Crippen molar-refractivity contribution < 1.29 is 80.2 Å². The first-order chi connectivity index (χ1) is 46.9. The number of phosphoric acid groups is 2. The van der Waals surface area contributed by atoms with Crippen molar-refractivity contribution in [3.8, 4) is 0 Å². The zero-order chi connectivity index (χ0) is 71.4. The Morgan fingerprint density at radius 3 is 0.784 bits per heavy atom. The fourth-order valence-electron chi connectivity index (χ4n) is 12.0. The Morgan fingerprint density at radius 1 is 0.299 bits per heavy atom. The van der Waals surface area contributed by atoms with Gasteiger partial charge >= 0.3 is 39.5 Å². The number of unbranched alkanes of at least 4 members (excludes halogenated alkanes) is 46. The molecule has 6 atom stereocenters. The van der Waals surface area contributed by atoms with Gasteiger partial charge in [0.25, 0.3) is 0 Å². The van der Waals surface area contributed by atoms with E-state index in [0.29, 0.717) is 31.6 Å². The highest BCUT2D eigenvalue weighted by Gasteiger charge is 2.30. The van der Waals surface area contributed by atoms with Crippen LogP contribution in [0.25, 0.3) is 0 Å². The normalized spacial score (nSPS) is 14.2.